The molecule has 0 bridgehead atoms. The van der Waals surface area contributed by atoms with E-state index in [1.165, 1.54) is 0 Å². The summed E-state index contributed by atoms with van der Waals surface area (Å²) in [5, 5.41) is 22.1. The van der Waals surface area contributed by atoms with Gasteiger partial charge in [0.1, 0.15) is 11.9 Å². The number of likely N-dealkylation sites (tertiary alicyclic amines) is 1. The second kappa shape index (κ2) is 20.9. The Labute approximate surface area is 351 Å². The van der Waals surface area contributed by atoms with Crippen molar-refractivity contribution in [3.05, 3.63) is 168 Å². The second-order valence-corrected chi connectivity index (χ2v) is 14.9. The Morgan fingerprint density at radius 3 is 2.03 bits per heavy atom. The molecule has 0 radical (unpaired) electrons. The number of nitrogens with zero attached hydrogens (tertiary/aromatic N) is 1. The minimum atomic E-state index is -0.475. The van der Waals surface area contributed by atoms with Crippen molar-refractivity contribution in [1.82, 2.24) is 20.9 Å². The van der Waals surface area contributed by atoms with Crippen molar-refractivity contribution < 1.29 is 24.2 Å². The summed E-state index contributed by atoms with van der Waals surface area (Å²) in [5.74, 6) is -0.110. The minimum absolute atomic E-state index is 0.0865. The quantitative estimate of drug-likeness (QED) is 0.0459. The number of hydrogen-bond donors (Lipinski definition) is 5. The van der Waals surface area contributed by atoms with Gasteiger partial charge >= 0.3 is 6.09 Å². The standard InChI is InChI=1S/C50H51N5O5/c56-41-19-9-12-36(32-41)34-51-26-27-53-49(58)40-18-10-17-39(33-40)47(57)35-52-28-31-55-29-24-42(25-30-55)60-50(59)54-46-23-11-22-44(38-15-5-2-6-16-38)48(46)45-21-8-7-20-43(45)37-13-3-1-4-14-37/h1-23,32-33,42,51-52,56H,24-31,34-35H2,(H,53,58)(H,54,59). The predicted octanol–water partition coefficient (Wildman–Crippen LogP) is 8.40. The molecule has 1 heterocycles. The lowest BCUT2D eigenvalue weighted by Crippen LogP contribution is -2.42. The van der Waals surface area contributed by atoms with Crippen LogP contribution in [0.3, 0.4) is 0 Å². The van der Waals surface area contributed by atoms with E-state index < -0.39 is 6.09 Å². The van der Waals surface area contributed by atoms with Crippen molar-refractivity contribution in [3.8, 4) is 39.1 Å². The molecule has 0 unspecified atom stereocenters. The lowest BCUT2D eigenvalue weighted by molar-refractivity contribution is 0.0593. The number of piperidine rings is 1. The first kappa shape index (κ1) is 41.6. The molecule has 7 rings (SSSR count). The maximum atomic E-state index is 13.5. The fourth-order valence-electron chi connectivity index (χ4n) is 7.56. The van der Waals surface area contributed by atoms with Gasteiger partial charge in [-0.05, 0) is 76.6 Å². The van der Waals surface area contributed by atoms with Gasteiger partial charge in [0.25, 0.3) is 5.91 Å². The Bertz CT molecular complexity index is 2360. The molecule has 2 amide bonds. The largest absolute Gasteiger partial charge is 0.508 e. The molecule has 0 saturated carbocycles. The van der Waals surface area contributed by atoms with Crippen LogP contribution in [-0.4, -0.2) is 79.7 Å². The monoisotopic (exact) mass is 801 g/mol. The smallest absolute Gasteiger partial charge is 0.411 e. The van der Waals surface area contributed by atoms with Gasteiger partial charge in [-0.1, -0.05) is 121 Å². The van der Waals surface area contributed by atoms with E-state index in [1.807, 2.05) is 66.7 Å². The molecule has 5 N–H and O–H groups in total. The number of nitrogens with one attached hydrogen (secondary N) is 4. The summed E-state index contributed by atoms with van der Waals surface area (Å²) < 4.78 is 6.00. The van der Waals surface area contributed by atoms with E-state index in [2.05, 4.69) is 68.6 Å². The maximum Gasteiger partial charge on any atom is 0.411 e. The first-order valence-electron chi connectivity index (χ1n) is 20.6. The molecule has 306 valence electrons. The fraction of sp³-hybridized carbons (Fsp3) is 0.220. The number of phenols is 1. The second-order valence-electron chi connectivity index (χ2n) is 14.9. The molecule has 6 aromatic carbocycles. The highest BCUT2D eigenvalue weighted by atomic mass is 16.6. The van der Waals surface area contributed by atoms with Crippen LogP contribution < -0.4 is 21.3 Å². The summed E-state index contributed by atoms with van der Waals surface area (Å²) in [7, 11) is 0. The first-order chi connectivity index (χ1) is 29.4. The van der Waals surface area contributed by atoms with Crippen LogP contribution in [0, 0.1) is 0 Å². The van der Waals surface area contributed by atoms with Gasteiger partial charge in [-0.2, -0.15) is 0 Å². The van der Waals surface area contributed by atoms with Gasteiger partial charge in [-0.3, -0.25) is 14.9 Å². The molecule has 1 aliphatic heterocycles. The van der Waals surface area contributed by atoms with Gasteiger partial charge in [0.15, 0.2) is 5.78 Å². The highest BCUT2D eigenvalue weighted by molar-refractivity contribution is 6.02. The van der Waals surface area contributed by atoms with Crippen molar-refractivity contribution in [2.45, 2.75) is 25.5 Å². The number of ether oxygens (including phenoxy) is 1. The van der Waals surface area contributed by atoms with E-state index in [0.29, 0.717) is 55.8 Å². The summed E-state index contributed by atoms with van der Waals surface area (Å²) in [6.45, 7) is 4.64. The topological polar surface area (TPSA) is 132 Å². The van der Waals surface area contributed by atoms with Crippen LogP contribution in [0.1, 0.15) is 39.1 Å². The number of phenolic OH excluding ortho intramolecular Hbond substituents is 1. The number of hydrogen-bond acceptors (Lipinski definition) is 8. The average Bonchev–Trinajstić information content (AvgIpc) is 3.28. The van der Waals surface area contributed by atoms with Gasteiger partial charge in [-0.25, -0.2) is 4.79 Å². The van der Waals surface area contributed by atoms with Gasteiger partial charge < -0.3 is 30.7 Å². The number of rotatable bonds is 17. The summed E-state index contributed by atoms with van der Waals surface area (Å²) in [4.78, 5) is 41.5. The van der Waals surface area contributed by atoms with E-state index in [9.17, 15) is 19.5 Å². The number of anilines is 1. The van der Waals surface area contributed by atoms with Crippen LogP contribution in [0.4, 0.5) is 10.5 Å². The summed E-state index contributed by atoms with van der Waals surface area (Å²) in [6, 6.07) is 48.5. The molecule has 10 heteroatoms. The highest BCUT2D eigenvalue weighted by Crippen LogP contribution is 2.42. The Hall–Kier alpha value is -6.59. The number of aromatic hydroxyl groups is 1. The molecule has 0 aromatic heterocycles. The molecular formula is C50H51N5O5. The number of amides is 2. The SMILES string of the molecule is O=C(Nc1cccc(-c2ccccc2)c1-c1ccccc1-c1ccccc1)OC1CCN(CCNCC(=O)c2cccc(C(=O)NCCNCc3cccc(O)c3)c2)CC1. The highest BCUT2D eigenvalue weighted by Gasteiger charge is 2.24. The lowest BCUT2D eigenvalue weighted by atomic mass is 9.88. The zero-order valence-corrected chi connectivity index (χ0v) is 33.6. The maximum absolute atomic E-state index is 13.5. The average molecular weight is 802 g/mol. The van der Waals surface area contributed by atoms with Gasteiger partial charge in [0.05, 0.1) is 12.2 Å². The predicted molar refractivity (Wildman–Crippen MR) is 238 cm³/mol. The number of benzene rings is 6. The molecule has 0 spiro atoms. The number of ketones is 1. The molecule has 10 nitrogen and oxygen atoms in total. The summed E-state index contributed by atoms with van der Waals surface area (Å²) >= 11 is 0. The van der Waals surface area contributed by atoms with Crippen LogP contribution in [0.2, 0.25) is 0 Å². The normalized spacial score (nSPS) is 13.1. The lowest BCUT2D eigenvalue weighted by Gasteiger charge is -2.31. The molecular weight excluding hydrogens is 751 g/mol. The van der Waals surface area contributed by atoms with E-state index in [4.69, 9.17) is 4.74 Å². The zero-order chi connectivity index (χ0) is 41.5. The zero-order valence-electron chi connectivity index (χ0n) is 33.6. The molecule has 6 aromatic rings. The molecule has 1 fully saturated rings. The third-order valence-corrected chi connectivity index (χ3v) is 10.6. The van der Waals surface area contributed by atoms with Crippen LogP contribution in [0.25, 0.3) is 33.4 Å². The third kappa shape index (κ3) is 11.3. The minimum Gasteiger partial charge on any atom is -0.508 e. The Morgan fingerprint density at radius 2 is 1.28 bits per heavy atom. The first-order valence-corrected chi connectivity index (χ1v) is 20.6. The Balaban J connectivity index is 0.860. The van der Waals surface area contributed by atoms with Crippen molar-refractivity contribution in [2.75, 3.05) is 51.1 Å². The molecule has 0 atom stereocenters. The molecule has 1 aliphatic rings. The molecule has 60 heavy (non-hydrogen) atoms. The molecule has 0 aliphatic carbocycles. The van der Waals surface area contributed by atoms with Crippen LogP contribution in [-0.2, 0) is 11.3 Å². The van der Waals surface area contributed by atoms with Gasteiger partial charge in [-0.15, -0.1) is 0 Å². The van der Waals surface area contributed by atoms with E-state index in [1.54, 1.807) is 42.5 Å². The van der Waals surface area contributed by atoms with Gasteiger partial charge in [0.2, 0.25) is 0 Å². The van der Waals surface area contributed by atoms with E-state index >= 15 is 0 Å². The third-order valence-electron chi connectivity index (χ3n) is 10.6. The van der Waals surface area contributed by atoms with E-state index in [0.717, 1.165) is 58.6 Å². The van der Waals surface area contributed by atoms with Crippen molar-refractivity contribution >= 4 is 23.5 Å². The fourth-order valence-corrected chi connectivity index (χ4v) is 7.56. The van der Waals surface area contributed by atoms with Gasteiger partial charge in [0, 0.05) is 62.5 Å². The number of carbonyl (C=O) groups is 3. The number of Topliss-reactive ketones (excluding diaryl/α,β-unsaturated/α-hetero) is 1. The summed E-state index contributed by atoms with van der Waals surface area (Å²) in [6.07, 6.45) is 0.737. The Morgan fingerprint density at radius 1 is 0.633 bits per heavy atom. The molecule has 1 saturated heterocycles. The van der Waals surface area contributed by atoms with Crippen molar-refractivity contribution in [3.63, 3.8) is 0 Å². The number of carbonyl (C=O) groups excluding carboxylic acids is 3. The van der Waals surface area contributed by atoms with Crippen LogP contribution in [0.15, 0.2) is 152 Å². The summed E-state index contributed by atoms with van der Waals surface area (Å²) in [5.41, 5.74) is 8.73. The van der Waals surface area contributed by atoms with Crippen molar-refractivity contribution in [2.24, 2.45) is 0 Å². The Kier molecular flexibility index (Phi) is 14.5. The van der Waals surface area contributed by atoms with Crippen LogP contribution >= 0.6 is 0 Å². The van der Waals surface area contributed by atoms with Crippen molar-refractivity contribution in [1.29, 1.82) is 0 Å². The van der Waals surface area contributed by atoms with Crippen LogP contribution in [0.5, 0.6) is 5.75 Å². The van der Waals surface area contributed by atoms with E-state index in [-0.39, 0.29) is 30.1 Å².